The molecular weight excluding hydrogens is 394 g/mol. The standard InChI is InChI=1S/C27H55N3Si/c1-3-5-12-20-27(19-4-2)31(28-21-13-6-7-14-22-28,29-23-15-8-9-16-24-29)30-25-17-10-11-18-26-30/h27H,3-26H2,1-2H3. The van der Waals surface area contributed by atoms with E-state index in [1.54, 1.807) is 0 Å². The van der Waals surface area contributed by atoms with Crippen molar-refractivity contribution in [1.29, 1.82) is 0 Å². The maximum atomic E-state index is 3.21. The fraction of sp³-hybridized carbons (Fsp3) is 1.00. The third-order valence-corrected chi connectivity index (χ3v) is 14.4. The Morgan fingerprint density at radius 3 is 1.19 bits per heavy atom. The maximum absolute atomic E-state index is 3.21. The average Bonchev–Trinajstić information content (AvgIpc) is 3.32. The molecule has 31 heavy (non-hydrogen) atoms. The SMILES string of the molecule is CCCCCC(CCC)[Si](N1CCCCCC1)(N1CCCCCC1)N1CCCCCC1. The molecule has 1 unspecified atom stereocenters. The van der Waals surface area contributed by atoms with Gasteiger partial charge in [-0.25, -0.2) is 0 Å². The van der Waals surface area contributed by atoms with Gasteiger partial charge in [-0.05, 0) is 96.2 Å². The lowest BCUT2D eigenvalue weighted by Gasteiger charge is -2.58. The average molecular weight is 450 g/mol. The van der Waals surface area contributed by atoms with Crippen molar-refractivity contribution in [1.82, 2.24) is 13.7 Å². The second kappa shape index (κ2) is 14.4. The molecule has 0 aromatic heterocycles. The van der Waals surface area contributed by atoms with Crippen molar-refractivity contribution in [3.8, 4) is 0 Å². The van der Waals surface area contributed by atoms with Crippen molar-refractivity contribution in [2.24, 2.45) is 0 Å². The van der Waals surface area contributed by atoms with Crippen LogP contribution in [0.1, 0.15) is 129 Å². The first-order valence-electron chi connectivity index (χ1n) is 14.6. The summed E-state index contributed by atoms with van der Waals surface area (Å²) >= 11 is 0. The van der Waals surface area contributed by atoms with Gasteiger partial charge >= 0.3 is 0 Å². The molecule has 3 fully saturated rings. The van der Waals surface area contributed by atoms with Gasteiger partial charge in [0.25, 0.3) is 8.56 Å². The van der Waals surface area contributed by atoms with Gasteiger partial charge in [0, 0.05) is 0 Å². The minimum atomic E-state index is -1.89. The molecule has 0 aromatic carbocycles. The quantitative estimate of drug-likeness (QED) is 0.256. The zero-order valence-electron chi connectivity index (χ0n) is 21.4. The molecule has 0 spiro atoms. The predicted octanol–water partition coefficient (Wildman–Crippen LogP) is 7.30. The van der Waals surface area contributed by atoms with Crippen LogP contribution in [0.4, 0.5) is 0 Å². The Morgan fingerprint density at radius 1 is 0.484 bits per heavy atom. The van der Waals surface area contributed by atoms with Gasteiger partial charge in [0.05, 0.1) is 0 Å². The van der Waals surface area contributed by atoms with Crippen LogP contribution in [0.3, 0.4) is 0 Å². The lowest BCUT2D eigenvalue weighted by Crippen LogP contribution is -2.77. The van der Waals surface area contributed by atoms with Crippen LogP contribution in [0.15, 0.2) is 0 Å². The van der Waals surface area contributed by atoms with E-state index in [-0.39, 0.29) is 0 Å². The summed E-state index contributed by atoms with van der Waals surface area (Å²) in [7, 11) is -1.89. The largest absolute Gasteiger partial charge is 0.299 e. The van der Waals surface area contributed by atoms with E-state index in [2.05, 4.69) is 27.5 Å². The highest BCUT2D eigenvalue weighted by molar-refractivity contribution is 6.73. The molecule has 3 aliphatic rings. The summed E-state index contributed by atoms with van der Waals surface area (Å²) in [5.41, 5.74) is 0.943. The molecule has 4 heteroatoms. The van der Waals surface area contributed by atoms with Crippen LogP contribution in [0.25, 0.3) is 0 Å². The highest BCUT2D eigenvalue weighted by atomic mass is 28.4. The number of hydrogen-bond donors (Lipinski definition) is 0. The topological polar surface area (TPSA) is 9.72 Å². The molecule has 3 rings (SSSR count). The lowest BCUT2D eigenvalue weighted by molar-refractivity contribution is 0.223. The molecule has 182 valence electrons. The van der Waals surface area contributed by atoms with Crippen LogP contribution < -0.4 is 0 Å². The molecule has 3 aliphatic heterocycles. The second-order valence-electron chi connectivity index (χ2n) is 10.9. The summed E-state index contributed by atoms with van der Waals surface area (Å²) in [4.78, 5) is 0. The summed E-state index contributed by atoms with van der Waals surface area (Å²) in [5.74, 6) is 0. The maximum Gasteiger partial charge on any atom is 0.292 e. The fourth-order valence-electron chi connectivity index (χ4n) is 7.09. The summed E-state index contributed by atoms with van der Waals surface area (Å²) in [6.45, 7) is 13.2. The summed E-state index contributed by atoms with van der Waals surface area (Å²) in [5, 5.41) is 0. The third-order valence-electron chi connectivity index (χ3n) is 8.56. The molecule has 0 aromatic rings. The van der Waals surface area contributed by atoms with Crippen LogP contribution in [0.2, 0.25) is 5.54 Å². The van der Waals surface area contributed by atoms with Gasteiger partial charge in [-0.2, -0.15) is 0 Å². The Labute approximate surface area is 196 Å². The summed E-state index contributed by atoms with van der Waals surface area (Å²) < 4.78 is 9.63. The van der Waals surface area contributed by atoms with E-state index in [1.165, 1.54) is 155 Å². The molecule has 0 N–H and O–H groups in total. The van der Waals surface area contributed by atoms with E-state index in [0.717, 1.165) is 5.54 Å². The van der Waals surface area contributed by atoms with Crippen LogP contribution in [-0.2, 0) is 0 Å². The van der Waals surface area contributed by atoms with Gasteiger partial charge in [0.1, 0.15) is 0 Å². The van der Waals surface area contributed by atoms with Crippen molar-refractivity contribution >= 4 is 8.56 Å². The number of rotatable bonds is 10. The molecular formula is C27H55N3Si. The van der Waals surface area contributed by atoms with Crippen molar-refractivity contribution in [2.45, 2.75) is 135 Å². The van der Waals surface area contributed by atoms with Gasteiger partial charge in [0.2, 0.25) is 0 Å². The van der Waals surface area contributed by atoms with Gasteiger partial charge in [-0.3, -0.25) is 13.7 Å². The van der Waals surface area contributed by atoms with E-state index in [0.29, 0.717) is 0 Å². The van der Waals surface area contributed by atoms with Gasteiger partial charge < -0.3 is 0 Å². The van der Waals surface area contributed by atoms with Gasteiger partial charge in [-0.15, -0.1) is 0 Å². The Hall–Kier alpha value is 0.0969. The third kappa shape index (κ3) is 6.80. The fourth-order valence-corrected chi connectivity index (χ4v) is 14.0. The zero-order valence-corrected chi connectivity index (χ0v) is 22.4. The first-order valence-corrected chi connectivity index (χ1v) is 16.5. The normalized spacial score (nSPS) is 25.0. The van der Waals surface area contributed by atoms with Crippen molar-refractivity contribution in [3.63, 3.8) is 0 Å². The van der Waals surface area contributed by atoms with E-state index >= 15 is 0 Å². The number of nitrogens with zero attached hydrogens (tertiary/aromatic N) is 3. The van der Waals surface area contributed by atoms with Crippen molar-refractivity contribution in [2.75, 3.05) is 39.3 Å². The van der Waals surface area contributed by atoms with Crippen LogP contribution in [0.5, 0.6) is 0 Å². The number of hydrogen-bond acceptors (Lipinski definition) is 3. The van der Waals surface area contributed by atoms with E-state index in [1.807, 2.05) is 0 Å². The Kier molecular flexibility index (Phi) is 11.9. The van der Waals surface area contributed by atoms with Crippen molar-refractivity contribution < 1.29 is 0 Å². The Balaban J connectivity index is 2.03. The molecule has 0 saturated carbocycles. The molecule has 3 heterocycles. The molecule has 0 aliphatic carbocycles. The molecule has 0 amide bonds. The second-order valence-corrected chi connectivity index (χ2v) is 15.0. The minimum Gasteiger partial charge on any atom is -0.299 e. The smallest absolute Gasteiger partial charge is 0.292 e. The van der Waals surface area contributed by atoms with Gasteiger partial charge in [0.15, 0.2) is 0 Å². The van der Waals surface area contributed by atoms with Crippen molar-refractivity contribution in [3.05, 3.63) is 0 Å². The molecule has 3 saturated heterocycles. The summed E-state index contributed by atoms with van der Waals surface area (Å²) in [6, 6.07) is 0. The molecule has 3 nitrogen and oxygen atoms in total. The Morgan fingerprint density at radius 2 is 0.871 bits per heavy atom. The summed E-state index contributed by atoms with van der Waals surface area (Å²) in [6.07, 6.45) is 26.1. The lowest BCUT2D eigenvalue weighted by atomic mass is 10.1. The predicted molar refractivity (Wildman–Crippen MR) is 139 cm³/mol. The van der Waals surface area contributed by atoms with E-state index in [4.69, 9.17) is 0 Å². The van der Waals surface area contributed by atoms with Gasteiger partial charge in [-0.1, -0.05) is 78.1 Å². The molecule has 1 atom stereocenters. The highest BCUT2D eigenvalue weighted by Crippen LogP contribution is 2.42. The van der Waals surface area contributed by atoms with Crippen LogP contribution in [-0.4, -0.2) is 61.5 Å². The first-order chi connectivity index (χ1) is 15.3. The number of unbranched alkanes of at least 4 members (excludes halogenated alkanes) is 2. The highest BCUT2D eigenvalue weighted by Gasteiger charge is 2.55. The first kappa shape index (κ1) is 25.7. The monoisotopic (exact) mass is 449 g/mol. The van der Waals surface area contributed by atoms with Crippen LogP contribution in [0, 0.1) is 0 Å². The minimum absolute atomic E-state index is 0.943. The van der Waals surface area contributed by atoms with Crippen LogP contribution >= 0.6 is 0 Å². The molecule has 0 radical (unpaired) electrons. The zero-order chi connectivity index (χ0) is 21.8. The van der Waals surface area contributed by atoms with E-state index in [9.17, 15) is 0 Å². The Bertz CT molecular complexity index is 397. The van der Waals surface area contributed by atoms with E-state index < -0.39 is 8.56 Å². The molecule has 0 bridgehead atoms.